The Bertz CT molecular complexity index is 600. The molecule has 1 aromatic carbocycles. The summed E-state index contributed by atoms with van der Waals surface area (Å²) in [6, 6.07) is 6.68. The molecule has 0 saturated heterocycles. The average molecular weight is 355 g/mol. The maximum absolute atomic E-state index is 12.4. The van der Waals surface area contributed by atoms with Gasteiger partial charge in [-0.3, -0.25) is 4.79 Å². The van der Waals surface area contributed by atoms with Crippen LogP contribution in [-0.2, 0) is 11.3 Å². The molecule has 3 nitrogen and oxygen atoms in total. The Hall–Kier alpha value is -1.56. The van der Waals surface area contributed by atoms with Gasteiger partial charge < -0.3 is 10.1 Å². The number of hydrogen-bond acceptors (Lipinski definition) is 2. The number of ether oxygens (including phenoxy) is 1. The van der Waals surface area contributed by atoms with Crippen LogP contribution in [0.5, 0.6) is 0 Å². The Labute approximate surface area is 145 Å². The van der Waals surface area contributed by atoms with Gasteiger partial charge in [0.2, 0.25) is 0 Å². The number of halogens is 3. The topological polar surface area (TPSA) is 38.3 Å². The third kappa shape index (κ3) is 4.75. The predicted molar refractivity (Wildman–Crippen MR) is 88.0 cm³/mol. The second-order valence-corrected chi connectivity index (χ2v) is 7.41. The van der Waals surface area contributed by atoms with E-state index in [9.17, 15) is 18.0 Å². The first-order chi connectivity index (χ1) is 11.8. The van der Waals surface area contributed by atoms with Crippen LogP contribution >= 0.6 is 0 Å². The lowest BCUT2D eigenvalue weighted by Gasteiger charge is -2.28. The summed E-state index contributed by atoms with van der Waals surface area (Å²) in [4.78, 5) is 12.4. The molecule has 6 heteroatoms. The summed E-state index contributed by atoms with van der Waals surface area (Å²) < 4.78 is 40.8. The Morgan fingerprint density at radius 2 is 1.96 bits per heavy atom. The summed E-state index contributed by atoms with van der Waals surface area (Å²) in [5.41, 5.74) is 1.14. The normalized spacial score (nSPS) is 26.6. The van der Waals surface area contributed by atoms with E-state index in [0.29, 0.717) is 17.0 Å². The fourth-order valence-corrected chi connectivity index (χ4v) is 4.34. The van der Waals surface area contributed by atoms with Crippen molar-refractivity contribution in [3.05, 3.63) is 35.4 Å². The van der Waals surface area contributed by atoms with Gasteiger partial charge in [-0.2, -0.15) is 13.2 Å². The summed E-state index contributed by atoms with van der Waals surface area (Å²) >= 11 is 0. The van der Waals surface area contributed by atoms with Crippen LogP contribution in [0.1, 0.15) is 48.5 Å². The molecule has 25 heavy (non-hydrogen) atoms. The molecule has 0 aromatic heterocycles. The number of rotatable bonds is 6. The molecule has 0 aliphatic heterocycles. The predicted octanol–water partition coefficient (Wildman–Crippen LogP) is 4.32. The maximum atomic E-state index is 12.4. The second-order valence-electron chi connectivity index (χ2n) is 7.41. The van der Waals surface area contributed by atoms with Crippen LogP contribution in [0.15, 0.2) is 24.3 Å². The highest BCUT2D eigenvalue weighted by Crippen LogP contribution is 2.49. The molecule has 3 rings (SSSR count). The van der Waals surface area contributed by atoms with Crippen molar-refractivity contribution in [1.29, 1.82) is 0 Å². The van der Waals surface area contributed by atoms with Crippen molar-refractivity contribution in [1.82, 2.24) is 5.32 Å². The first-order valence-electron chi connectivity index (χ1n) is 8.86. The fourth-order valence-electron chi connectivity index (χ4n) is 4.34. The lowest BCUT2D eigenvalue weighted by atomic mass is 9.84. The molecule has 138 valence electrons. The number of carbonyl (C=O) groups excluding carboxylic acids is 1. The molecule has 2 aliphatic rings. The Morgan fingerprint density at radius 1 is 1.24 bits per heavy atom. The van der Waals surface area contributed by atoms with Crippen LogP contribution in [0.4, 0.5) is 13.2 Å². The van der Waals surface area contributed by atoms with Gasteiger partial charge in [0, 0.05) is 11.6 Å². The van der Waals surface area contributed by atoms with Gasteiger partial charge in [-0.25, -0.2) is 0 Å². The van der Waals surface area contributed by atoms with E-state index in [4.69, 9.17) is 0 Å². The van der Waals surface area contributed by atoms with Crippen molar-refractivity contribution in [2.45, 2.75) is 51.4 Å². The Morgan fingerprint density at radius 3 is 2.52 bits per heavy atom. The van der Waals surface area contributed by atoms with Crippen molar-refractivity contribution in [3.63, 3.8) is 0 Å². The second kappa shape index (κ2) is 7.36. The number of benzene rings is 1. The first kappa shape index (κ1) is 18.2. The van der Waals surface area contributed by atoms with Crippen LogP contribution < -0.4 is 5.32 Å². The summed E-state index contributed by atoms with van der Waals surface area (Å²) in [5, 5.41) is 3.09. The summed E-state index contributed by atoms with van der Waals surface area (Å²) in [7, 11) is 0. The average Bonchev–Trinajstić information content (AvgIpc) is 3.17. The van der Waals surface area contributed by atoms with E-state index < -0.39 is 12.8 Å². The third-order valence-corrected chi connectivity index (χ3v) is 5.54. The zero-order valence-electron chi connectivity index (χ0n) is 14.3. The largest absolute Gasteiger partial charge is 0.411 e. The molecule has 2 bridgehead atoms. The van der Waals surface area contributed by atoms with E-state index in [1.165, 1.54) is 25.7 Å². The smallest absolute Gasteiger partial charge is 0.367 e. The molecule has 2 fully saturated rings. The van der Waals surface area contributed by atoms with Gasteiger partial charge in [0.25, 0.3) is 5.91 Å². The van der Waals surface area contributed by atoms with Crippen molar-refractivity contribution in [2.24, 2.45) is 17.8 Å². The van der Waals surface area contributed by atoms with E-state index in [1.54, 1.807) is 24.3 Å². The summed E-state index contributed by atoms with van der Waals surface area (Å²) in [5.74, 6) is 2.02. The number of alkyl halides is 3. The van der Waals surface area contributed by atoms with Crippen molar-refractivity contribution >= 4 is 5.91 Å². The standard InChI is InChI=1S/C19H24F3NO2/c1-12(17-9-14-4-7-16(17)8-14)23-18(24)15-5-2-13(3-6-15)10-25-11-19(20,21)22/h2-3,5-6,12,14,16-17H,4,7-11H2,1H3,(H,23,24). The first-order valence-corrected chi connectivity index (χ1v) is 8.86. The van der Waals surface area contributed by atoms with Crippen LogP contribution in [0, 0.1) is 17.8 Å². The van der Waals surface area contributed by atoms with Gasteiger partial charge in [-0.05, 0) is 61.6 Å². The lowest BCUT2D eigenvalue weighted by Crippen LogP contribution is -2.40. The van der Waals surface area contributed by atoms with E-state index in [2.05, 4.69) is 17.0 Å². The minimum atomic E-state index is -4.32. The molecule has 1 N–H and O–H groups in total. The monoisotopic (exact) mass is 355 g/mol. The molecule has 2 aliphatic carbocycles. The summed E-state index contributed by atoms with van der Waals surface area (Å²) in [6.45, 7) is 0.682. The SMILES string of the molecule is CC(NC(=O)c1ccc(COCC(F)(F)F)cc1)C1CC2CCC1C2. The van der Waals surface area contributed by atoms with Crippen molar-refractivity contribution in [2.75, 3.05) is 6.61 Å². The Balaban J connectivity index is 1.49. The zero-order chi connectivity index (χ0) is 18.0. The van der Waals surface area contributed by atoms with Crippen molar-refractivity contribution in [3.8, 4) is 0 Å². The highest BCUT2D eigenvalue weighted by atomic mass is 19.4. The van der Waals surface area contributed by atoms with E-state index in [1.807, 2.05) is 0 Å². The molecule has 1 aromatic rings. The quantitative estimate of drug-likeness (QED) is 0.825. The number of nitrogens with one attached hydrogen (secondary N) is 1. The summed E-state index contributed by atoms with van der Waals surface area (Å²) in [6.07, 6.45) is 0.802. The molecular formula is C19H24F3NO2. The minimum Gasteiger partial charge on any atom is -0.367 e. The number of fused-ring (bicyclic) bond motifs is 2. The molecule has 2 saturated carbocycles. The molecule has 0 spiro atoms. The van der Waals surface area contributed by atoms with Crippen LogP contribution in [-0.4, -0.2) is 24.7 Å². The zero-order valence-corrected chi connectivity index (χ0v) is 14.3. The molecule has 1 amide bonds. The van der Waals surface area contributed by atoms with Gasteiger partial charge in [0.15, 0.2) is 0 Å². The Kier molecular flexibility index (Phi) is 5.37. The number of hydrogen-bond donors (Lipinski definition) is 1. The van der Waals surface area contributed by atoms with Crippen molar-refractivity contribution < 1.29 is 22.7 Å². The molecule has 0 heterocycles. The minimum absolute atomic E-state index is 0.122. The van der Waals surface area contributed by atoms with Gasteiger partial charge in [0.1, 0.15) is 6.61 Å². The van der Waals surface area contributed by atoms with Gasteiger partial charge in [-0.1, -0.05) is 18.6 Å². The van der Waals surface area contributed by atoms with Crippen LogP contribution in [0.3, 0.4) is 0 Å². The highest BCUT2D eigenvalue weighted by molar-refractivity contribution is 5.94. The van der Waals surface area contributed by atoms with Gasteiger partial charge >= 0.3 is 6.18 Å². The molecule has 4 unspecified atom stereocenters. The fraction of sp³-hybridized carbons (Fsp3) is 0.632. The molecule has 4 atom stereocenters. The van der Waals surface area contributed by atoms with Gasteiger partial charge in [0.05, 0.1) is 6.61 Å². The van der Waals surface area contributed by atoms with E-state index in [0.717, 1.165) is 11.8 Å². The number of carbonyl (C=O) groups is 1. The highest BCUT2D eigenvalue weighted by Gasteiger charge is 2.42. The lowest BCUT2D eigenvalue weighted by molar-refractivity contribution is -0.176. The maximum Gasteiger partial charge on any atom is 0.411 e. The van der Waals surface area contributed by atoms with Gasteiger partial charge in [-0.15, -0.1) is 0 Å². The molecule has 0 radical (unpaired) electrons. The number of amides is 1. The van der Waals surface area contributed by atoms with E-state index in [-0.39, 0.29) is 18.6 Å². The van der Waals surface area contributed by atoms with Crippen LogP contribution in [0.2, 0.25) is 0 Å². The van der Waals surface area contributed by atoms with E-state index >= 15 is 0 Å². The third-order valence-electron chi connectivity index (χ3n) is 5.54. The molecular weight excluding hydrogens is 331 g/mol. The van der Waals surface area contributed by atoms with Crippen LogP contribution in [0.25, 0.3) is 0 Å².